The average Bonchev–Trinajstić information content (AvgIpc) is 2.68. The summed E-state index contributed by atoms with van der Waals surface area (Å²) in [6.07, 6.45) is 1.43. The second kappa shape index (κ2) is 7.52. The lowest BCUT2D eigenvalue weighted by atomic mass is 10.1. The first-order chi connectivity index (χ1) is 13.0. The summed E-state index contributed by atoms with van der Waals surface area (Å²) in [5.74, 6) is -0.605. The zero-order valence-corrected chi connectivity index (χ0v) is 14.5. The van der Waals surface area contributed by atoms with E-state index in [0.29, 0.717) is 28.3 Å². The number of carbonyl (C=O) groups is 2. The Kier molecular flexibility index (Phi) is 4.98. The molecule has 0 atom stereocenters. The smallest absolute Gasteiger partial charge is 0.278 e. The number of aromatic nitrogens is 2. The van der Waals surface area contributed by atoms with Crippen LogP contribution in [0.1, 0.15) is 25.1 Å². The van der Waals surface area contributed by atoms with Crippen molar-refractivity contribution in [2.24, 2.45) is 5.73 Å². The zero-order valence-electron chi connectivity index (χ0n) is 14.5. The number of benzene rings is 2. The molecule has 1 heterocycles. The normalized spacial score (nSPS) is 10.3. The molecule has 0 unspecified atom stereocenters. The van der Waals surface area contributed by atoms with Gasteiger partial charge in [-0.15, -0.1) is 0 Å². The highest BCUT2D eigenvalue weighted by Gasteiger charge is 2.17. The Morgan fingerprint density at radius 1 is 1.15 bits per heavy atom. The van der Waals surface area contributed by atoms with Crippen molar-refractivity contribution in [3.8, 4) is 17.0 Å². The minimum atomic E-state index is -0.561. The summed E-state index contributed by atoms with van der Waals surface area (Å²) in [6.45, 7) is 0. The Morgan fingerprint density at radius 3 is 2.67 bits per heavy atom. The monoisotopic (exact) mass is 369 g/mol. The highest BCUT2D eigenvalue weighted by Crippen LogP contribution is 2.25. The van der Waals surface area contributed by atoms with Crippen LogP contribution in [-0.2, 0) is 0 Å². The van der Waals surface area contributed by atoms with Crippen LogP contribution >= 0.6 is 0 Å². The molecule has 2 aromatic carbocycles. The summed E-state index contributed by atoms with van der Waals surface area (Å²) < 4.78 is 5.22. The van der Waals surface area contributed by atoms with Gasteiger partial charge in [-0.3, -0.25) is 9.59 Å². The number of nitrogens with two attached hydrogens (primary N) is 2. The van der Waals surface area contributed by atoms with Gasteiger partial charge in [0.25, 0.3) is 5.91 Å². The van der Waals surface area contributed by atoms with Gasteiger partial charge >= 0.3 is 0 Å². The van der Waals surface area contributed by atoms with Crippen LogP contribution in [0.2, 0.25) is 0 Å². The summed E-state index contributed by atoms with van der Waals surface area (Å²) in [5.41, 5.74) is 12.9. The largest absolute Gasteiger partial charge is 0.495 e. The number of hydrogen-bond acceptors (Lipinski definition) is 6. The van der Waals surface area contributed by atoms with Gasteiger partial charge in [0.2, 0.25) is 5.91 Å². The lowest BCUT2D eigenvalue weighted by Gasteiger charge is -2.11. The minimum Gasteiger partial charge on any atom is -0.495 e. The number of rotatable bonds is 5. The van der Waals surface area contributed by atoms with Crippen LogP contribution in [-0.4, -0.2) is 28.9 Å². The standard InChI is InChI=1S/C19H17N5O3.3H2/c1-27-15-8-3-2-7-13(15)24-19(26)16-17(20)22-10-14(23-16)11-5-4-6-12(9-11)18(21)25;;;/h2-10H,1H3,(H2,20,22)(H2,21,25)(H,24,26);3*1H. The second-order valence-corrected chi connectivity index (χ2v) is 5.59. The predicted octanol–water partition coefficient (Wildman–Crippen LogP) is 2.82. The van der Waals surface area contributed by atoms with Gasteiger partial charge in [0.1, 0.15) is 5.75 Å². The molecule has 8 nitrogen and oxygen atoms in total. The topological polar surface area (TPSA) is 133 Å². The van der Waals surface area contributed by atoms with Gasteiger partial charge in [-0.25, -0.2) is 9.97 Å². The highest BCUT2D eigenvalue weighted by atomic mass is 16.5. The summed E-state index contributed by atoms with van der Waals surface area (Å²) in [4.78, 5) is 32.4. The third kappa shape index (κ3) is 3.84. The first-order valence-corrected chi connectivity index (χ1v) is 7.96. The van der Waals surface area contributed by atoms with Gasteiger partial charge in [0.05, 0.1) is 24.7 Å². The fourth-order valence-corrected chi connectivity index (χ4v) is 2.47. The predicted molar refractivity (Wildman–Crippen MR) is 108 cm³/mol. The molecule has 0 fully saturated rings. The van der Waals surface area contributed by atoms with Crippen molar-refractivity contribution in [2.75, 3.05) is 18.2 Å². The van der Waals surface area contributed by atoms with Gasteiger partial charge in [-0.1, -0.05) is 24.3 Å². The number of ether oxygens (including phenoxy) is 1. The maximum atomic E-state index is 12.6. The maximum absolute atomic E-state index is 12.6. The Bertz CT molecular complexity index is 1030. The SMILES string of the molecule is COc1ccccc1NC(=O)c1nc(-c2cccc(C(N)=O)c2)cnc1N.[HH].[HH].[HH]. The molecule has 3 rings (SSSR count). The van der Waals surface area contributed by atoms with Crippen LogP contribution < -0.4 is 21.5 Å². The Balaban J connectivity index is 0.00000280. The van der Waals surface area contributed by atoms with Crippen molar-refractivity contribution in [2.45, 2.75) is 0 Å². The van der Waals surface area contributed by atoms with Crippen molar-refractivity contribution in [1.29, 1.82) is 0 Å². The van der Waals surface area contributed by atoms with E-state index in [-0.39, 0.29) is 15.8 Å². The number of anilines is 2. The van der Waals surface area contributed by atoms with Gasteiger partial charge in [0.15, 0.2) is 11.5 Å². The molecule has 0 aliphatic carbocycles. The number of nitrogens with zero attached hydrogens (tertiary/aromatic N) is 2. The van der Waals surface area contributed by atoms with Crippen LogP contribution in [0.15, 0.2) is 54.7 Å². The van der Waals surface area contributed by atoms with Gasteiger partial charge in [-0.2, -0.15) is 0 Å². The number of hydrogen-bond donors (Lipinski definition) is 3. The molecule has 0 radical (unpaired) electrons. The molecule has 3 aromatic rings. The molecule has 2 amide bonds. The molecule has 27 heavy (non-hydrogen) atoms. The number of amides is 2. The lowest BCUT2D eigenvalue weighted by Crippen LogP contribution is -2.17. The first-order valence-electron chi connectivity index (χ1n) is 7.96. The molecule has 1 aromatic heterocycles. The van der Waals surface area contributed by atoms with E-state index >= 15 is 0 Å². The van der Waals surface area contributed by atoms with Crippen molar-refractivity contribution < 1.29 is 18.6 Å². The minimum absolute atomic E-state index is 0. The van der Waals surface area contributed by atoms with E-state index in [2.05, 4.69) is 15.3 Å². The van der Waals surface area contributed by atoms with E-state index in [4.69, 9.17) is 16.2 Å². The van der Waals surface area contributed by atoms with Crippen molar-refractivity contribution in [3.05, 3.63) is 66.0 Å². The summed E-state index contributed by atoms with van der Waals surface area (Å²) in [7, 11) is 1.51. The molecule has 0 aliphatic rings. The highest BCUT2D eigenvalue weighted by molar-refractivity contribution is 6.06. The zero-order chi connectivity index (χ0) is 19.4. The molecule has 0 spiro atoms. The van der Waals surface area contributed by atoms with Crippen LogP contribution in [0.25, 0.3) is 11.3 Å². The fraction of sp³-hybridized carbons (Fsp3) is 0.0526. The molecular weight excluding hydrogens is 346 g/mol. The van der Waals surface area contributed by atoms with E-state index in [1.165, 1.54) is 13.3 Å². The summed E-state index contributed by atoms with van der Waals surface area (Å²) in [5, 5.41) is 2.71. The second-order valence-electron chi connectivity index (χ2n) is 5.59. The third-order valence-electron chi connectivity index (χ3n) is 3.81. The van der Waals surface area contributed by atoms with Crippen LogP contribution in [0.3, 0.4) is 0 Å². The van der Waals surface area contributed by atoms with Gasteiger partial charge in [0, 0.05) is 15.4 Å². The number of methoxy groups -OCH3 is 1. The van der Waals surface area contributed by atoms with Crippen molar-refractivity contribution in [3.63, 3.8) is 0 Å². The molecule has 0 saturated carbocycles. The number of nitrogens with one attached hydrogen (secondary N) is 1. The van der Waals surface area contributed by atoms with Crippen molar-refractivity contribution in [1.82, 2.24) is 9.97 Å². The van der Waals surface area contributed by atoms with E-state index in [0.717, 1.165) is 0 Å². The number of carbonyl (C=O) groups excluding carboxylic acids is 2. The average molecular weight is 369 g/mol. The quantitative estimate of drug-likeness (QED) is 0.633. The van der Waals surface area contributed by atoms with Gasteiger partial charge < -0.3 is 21.5 Å². The fourth-order valence-electron chi connectivity index (χ4n) is 2.47. The van der Waals surface area contributed by atoms with E-state index in [9.17, 15) is 9.59 Å². The van der Waals surface area contributed by atoms with Gasteiger partial charge in [-0.05, 0) is 24.3 Å². The first kappa shape index (κ1) is 17.9. The number of primary amides is 1. The van der Waals surface area contributed by atoms with Crippen LogP contribution in [0.5, 0.6) is 5.75 Å². The molecule has 5 N–H and O–H groups in total. The molecular formula is C19H23N5O3. The van der Waals surface area contributed by atoms with Crippen LogP contribution in [0.4, 0.5) is 11.5 Å². The molecule has 8 heteroatoms. The molecule has 0 aliphatic heterocycles. The maximum Gasteiger partial charge on any atom is 0.278 e. The van der Waals surface area contributed by atoms with Crippen LogP contribution in [0, 0.1) is 0 Å². The Labute approximate surface area is 159 Å². The summed E-state index contributed by atoms with van der Waals surface area (Å²) in [6, 6.07) is 13.5. The molecule has 0 bridgehead atoms. The summed E-state index contributed by atoms with van der Waals surface area (Å²) >= 11 is 0. The number of nitrogen functional groups attached to an aromatic ring is 1. The van der Waals surface area contributed by atoms with E-state index < -0.39 is 11.8 Å². The third-order valence-corrected chi connectivity index (χ3v) is 3.81. The Hall–Kier alpha value is -3.94. The van der Waals surface area contributed by atoms with Crippen molar-refractivity contribution >= 4 is 23.3 Å². The molecule has 142 valence electrons. The Morgan fingerprint density at radius 2 is 1.93 bits per heavy atom. The lowest BCUT2D eigenvalue weighted by molar-refractivity contribution is 0.0997. The molecule has 0 saturated heterocycles. The number of para-hydroxylation sites is 2. The van der Waals surface area contributed by atoms with E-state index in [1.54, 1.807) is 48.5 Å². The van der Waals surface area contributed by atoms with E-state index in [1.807, 2.05) is 0 Å².